The zero-order chi connectivity index (χ0) is 16.0. The molecule has 7 nitrogen and oxygen atoms in total. The van der Waals surface area contributed by atoms with Gasteiger partial charge in [0.05, 0.1) is 24.2 Å². The molecule has 0 saturated carbocycles. The summed E-state index contributed by atoms with van der Waals surface area (Å²) in [6.07, 6.45) is 1.56. The van der Waals surface area contributed by atoms with Gasteiger partial charge in [-0.3, -0.25) is 9.59 Å². The van der Waals surface area contributed by atoms with Crippen molar-refractivity contribution < 1.29 is 13.9 Å². The molecule has 0 aromatic carbocycles. The van der Waals surface area contributed by atoms with Crippen molar-refractivity contribution in [3.05, 3.63) is 28.4 Å². The lowest BCUT2D eigenvalue weighted by molar-refractivity contribution is -0.141. The first-order chi connectivity index (χ1) is 10.4. The van der Waals surface area contributed by atoms with E-state index in [0.717, 1.165) is 16.0 Å². The maximum atomic E-state index is 12.7. The van der Waals surface area contributed by atoms with Crippen molar-refractivity contribution in [2.45, 2.75) is 33.4 Å². The molecule has 7 heteroatoms. The zero-order valence-corrected chi connectivity index (χ0v) is 12.9. The van der Waals surface area contributed by atoms with Gasteiger partial charge in [-0.05, 0) is 20.8 Å². The van der Waals surface area contributed by atoms with Crippen LogP contribution in [-0.2, 0) is 16.1 Å². The molecule has 3 rings (SSSR count). The normalized spacial score (nSPS) is 11.7. The van der Waals surface area contributed by atoms with E-state index in [4.69, 9.17) is 4.42 Å². The highest BCUT2D eigenvalue weighted by Gasteiger charge is 2.21. The maximum Gasteiger partial charge on any atom is 0.327 e. The Hall–Kier alpha value is -2.57. The van der Waals surface area contributed by atoms with E-state index < -0.39 is 5.97 Å². The van der Waals surface area contributed by atoms with E-state index in [0.29, 0.717) is 16.5 Å². The molecule has 3 heterocycles. The Kier molecular flexibility index (Phi) is 3.27. The molecular weight excluding hydrogens is 286 g/mol. The molecule has 0 atom stereocenters. The number of hydrogen-bond acceptors (Lipinski definition) is 5. The van der Waals surface area contributed by atoms with Crippen LogP contribution in [0.15, 0.2) is 21.5 Å². The summed E-state index contributed by atoms with van der Waals surface area (Å²) in [4.78, 5) is 24.1. The van der Waals surface area contributed by atoms with Crippen LogP contribution in [0.4, 0.5) is 0 Å². The molecule has 0 aliphatic carbocycles. The van der Waals surface area contributed by atoms with Crippen molar-refractivity contribution >= 4 is 28.0 Å². The van der Waals surface area contributed by atoms with E-state index in [-0.39, 0.29) is 18.1 Å². The lowest BCUT2D eigenvalue weighted by Gasteiger charge is -2.10. The number of aryl methyl sites for hydroxylation is 1. The summed E-state index contributed by atoms with van der Waals surface area (Å²) < 4.78 is 13.3. The fourth-order valence-electron chi connectivity index (χ4n) is 2.71. The second-order valence-corrected chi connectivity index (χ2v) is 5.48. The van der Waals surface area contributed by atoms with Crippen LogP contribution < -0.4 is 5.56 Å². The van der Waals surface area contributed by atoms with Gasteiger partial charge in [0.15, 0.2) is 5.58 Å². The van der Waals surface area contributed by atoms with Gasteiger partial charge in [-0.25, -0.2) is 4.68 Å². The van der Waals surface area contributed by atoms with Crippen molar-refractivity contribution in [1.29, 1.82) is 0 Å². The molecule has 0 bridgehead atoms. The van der Waals surface area contributed by atoms with E-state index in [1.54, 1.807) is 6.20 Å². The van der Waals surface area contributed by atoms with Crippen LogP contribution in [-0.4, -0.2) is 27.4 Å². The van der Waals surface area contributed by atoms with Crippen LogP contribution in [0.5, 0.6) is 0 Å². The quantitative estimate of drug-likeness (QED) is 0.691. The number of ether oxygens (including phenoxy) is 1. The van der Waals surface area contributed by atoms with Crippen molar-refractivity contribution in [2.75, 3.05) is 7.11 Å². The Balaban J connectivity index is 2.36. The molecule has 0 radical (unpaired) electrons. The van der Waals surface area contributed by atoms with Crippen LogP contribution in [0, 0.1) is 6.92 Å². The number of rotatable bonds is 3. The Morgan fingerprint density at radius 2 is 2.18 bits per heavy atom. The molecule has 0 amide bonds. The smallest absolute Gasteiger partial charge is 0.327 e. The Bertz CT molecular complexity index is 930. The van der Waals surface area contributed by atoms with Gasteiger partial charge in [0, 0.05) is 12.1 Å². The second-order valence-electron chi connectivity index (χ2n) is 5.48. The molecule has 3 aromatic heterocycles. The summed E-state index contributed by atoms with van der Waals surface area (Å²) in [5.41, 5.74) is 1.66. The van der Waals surface area contributed by atoms with Crippen LogP contribution in [0.2, 0.25) is 0 Å². The van der Waals surface area contributed by atoms with Crippen LogP contribution in [0.25, 0.3) is 22.0 Å². The number of aromatic nitrogens is 3. The van der Waals surface area contributed by atoms with Gasteiger partial charge in [0.1, 0.15) is 17.8 Å². The van der Waals surface area contributed by atoms with Crippen LogP contribution in [0.1, 0.15) is 25.6 Å². The minimum absolute atomic E-state index is 0.0682. The minimum Gasteiger partial charge on any atom is -0.468 e. The molecule has 0 aliphatic heterocycles. The molecular formula is C15H17N3O4. The number of esters is 1. The Labute approximate surface area is 126 Å². The van der Waals surface area contributed by atoms with Crippen molar-refractivity contribution in [3.63, 3.8) is 0 Å². The molecule has 0 saturated heterocycles. The Morgan fingerprint density at radius 1 is 1.45 bits per heavy atom. The SMILES string of the molecule is COC(=O)Cn1ncc2c3oc(C)cc3n(C(C)C)c2c1=O. The standard InChI is InChI=1S/C15H17N3O4/c1-8(2)18-11-5-9(3)22-14(11)10-6-16-17(7-12(19)21-4)15(20)13(10)18/h5-6,8H,7H2,1-4H3. The van der Waals surface area contributed by atoms with Crippen LogP contribution in [0.3, 0.4) is 0 Å². The topological polar surface area (TPSA) is 79.3 Å². The number of furan rings is 1. The first kappa shape index (κ1) is 14.4. The highest BCUT2D eigenvalue weighted by molar-refractivity contribution is 6.04. The van der Waals surface area contributed by atoms with Gasteiger partial charge < -0.3 is 13.7 Å². The van der Waals surface area contributed by atoms with E-state index >= 15 is 0 Å². The third-order valence-corrected chi connectivity index (χ3v) is 3.62. The summed E-state index contributed by atoms with van der Waals surface area (Å²) in [5, 5.41) is 4.71. The number of fused-ring (bicyclic) bond motifs is 3. The highest BCUT2D eigenvalue weighted by Crippen LogP contribution is 2.31. The number of carbonyl (C=O) groups is 1. The minimum atomic E-state index is -0.517. The van der Waals surface area contributed by atoms with Crippen LogP contribution >= 0.6 is 0 Å². The van der Waals surface area contributed by atoms with Crippen molar-refractivity contribution in [3.8, 4) is 0 Å². The monoisotopic (exact) mass is 303 g/mol. The molecule has 116 valence electrons. The highest BCUT2D eigenvalue weighted by atomic mass is 16.5. The summed E-state index contributed by atoms with van der Waals surface area (Å²) in [6, 6.07) is 1.97. The lowest BCUT2D eigenvalue weighted by atomic mass is 10.3. The largest absolute Gasteiger partial charge is 0.468 e. The third kappa shape index (κ3) is 2.01. The number of nitrogens with zero attached hydrogens (tertiary/aromatic N) is 3. The summed E-state index contributed by atoms with van der Waals surface area (Å²) in [7, 11) is 1.28. The first-order valence-electron chi connectivity index (χ1n) is 7.01. The second kappa shape index (κ2) is 5.01. The van der Waals surface area contributed by atoms with E-state index in [1.165, 1.54) is 7.11 Å². The molecule has 0 unspecified atom stereocenters. The zero-order valence-electron chi connectivity index (χ0n) is 12.9. The third-order valence-electron chi connectivity index (χ3n) is 3.62. The van der Waals surface area contributed by atoms with E-state index in [2.05, 4.69) is 9.84 Å². The molecule has 22 heavy (non-hydrogen) atoms. The van der Waals surface area contributed by atoms with Crippen molar-refractivity contribution in [2.24, 2.45) is 0 Å². The molecule has 0 spiro atoms. The van der Waals surface area contributed by atoms with Gasteiger partial charge in [-0.15, -0.1) is 0 Å². The van der Waals surface area contributed by atoms with Gasteiger partial charge in [-0.2, -0.15) is 5.10 Å². The molecule has 0 N–H and O–H groups in total. The number of methoxy groups -OCH3 is 1. The molecule has 0 fully saturated rings. The summed E-state index contributed by atoms with van der Waals surface area (Å²) >= 11 is 0. The number of hydrogen-bond donors (Lipinski definition) is 0. The lowest BCUT2D eigenvalue weighted by Crippen LogP contribution is -2.28. The predicted octanol–water partition coefficient (Wildman–Crippen LogP) is 2.01. The van der Waals surface area contributed by atoms with E-state index in [9.17, 15) is 9.59 Å². The first-order valence-corrected chi connectivity index (χ1v) is 7.01. The maximum absolute atomic E-state index is 12.7. The van der Waals surface area contributed by atoms with E-state index in [1.807, 2.05) is 31.4 Å². The van der Waals surface area contributed by atoms with Crippen molar-refractivity contribution in [1.82, 2.24) is 14.3 Å². The fourth-order valence-corrected chi connectivity index (χ4v) is 2.71. The van der Waals surface area contributed by atoms with Gasteiger partial charge in [0.25, 0.3) is 5.56 Å². The fraction of sp³-hybridized carbons (Fsp3) is 0.400. The number of carbonyl (C=O) groups excluding carboxylic acids is 1. The predicted molar refractivity (Wildman–Crippen MR) is 80.9 cm³/mol. The molecule has 3 aromatic rings. The Morgan fingerprint density at radius 3 is 2.82 bits per heavy atom. The average Bonchev–Trinajstić information content (AvgIpc) is 2.96. The van der Waals surface area contributed by atoms with Gasteiger partial charge in [0.2, 0.25) is 0 Å². The van der Waals surface area contributed by atoms with Gasteiger partial charge >= 0.3 is 5.97 Å². The van der Waals surface area contributed by atoms with Gasteiger partial charge in [-0.1, -0.05) is 0 Å². The molecule has 0 aliphatic rings. The summed E-state index contributed by atoms with van der Waals surface area (Å²) in [5.74, 6) is 0.260. The summed E-state index contributed by atoms with van der Waals surface area (Å²) in [6.45, 7) is 5.63. The average molecular weight is 303 g/mol.